The van der Waals surface area contributed by atoms with Crippen molar-refractivity contribution in [2.24, 2.45) is 0 Å². The molecule has 1 aromatic heterocycles. The van der Waals surface area contributed by atoms with E-state index >= 15 is 0 Å². The number of aromatic carboxylic acids is 1. The van der Waals surface area contributed by atoms with Crippen LogP contribution in [0.15, 0.2) is 4.79 Å². The average Bonchev–Trinajstić information content (AvgIpc) is 2.11. The molecule has 0 atom stereocenters. The number of aromatic nitrogens is 1. The highest BCUT2D eigenvalue weighted by atomic mass is 19.4. The molecule has 0 bridgehead atoms. The van der Waals surface area contributed by atoms with Gasteiger partial charge in [0.1, 0.15) is 5.56 Å². The van der Waals surface area contributed by atoms with Gasteiger partial charge in [0.05, 0.1) is 5.69 Å². The zero-order chi connectivity index (χ0) is 13.5. The topological polar surface area (TPSA) is 85.3 Å². The first-order chi connectivity index (χ1) is 7.59. The van der Waals surface area contributed by atoms with Crippen molar-refractivity contribution in [1.82, 2.24) is 4.57 Å². The van der Waals surface area contributed by atoms with Crippen LogP contribution in [0.4, 0.5) is 18.9 Å². The van der Waals surface area contributed by atoms with E-state index < -0.39 is 33.7 Å². The second-order valence-electron chi connectivity index (χ2n) is 3.41. The Hall–Kier alpha value is -1.99. The number of pyridine rings is 1. The zero-order valence-electron chi connectivity index (χ0n) is 8.92. The molecule has 0 aromatic carbocycles. The SMILES string of the molecule is Cc1c(N)c(C)n(C(F)(F)F)c(=O)c1C(=O)O. The Morgan fingerprint density at radius 3 is 2.18 bits per heavy atom. The summed E-state index contributed by atoms with van der Waals surface area (Å²) >= 11 is 0. The van der Waals surface area contributed by atoms with Crippen molar-refractivity contribution < 1.29 is 23.1 Å². The van der Waals surface area contributed by atoms with Crippen molar-refractivity contribution in [1.29, 1.82) is 0 Å². The number of hydrogen-bond donors (Lipinski definition) is 2. The maximum absolute atomic E-state index is 12.6. The number of halogens is 3. The van der Waals surface area contributed by atoms with Crippen LogP contribution in [0.5, 0.6) is 0 Å². The summed E-state index contributed by atoms with van der Waals surface area (Å²) in [6.45, 7) is 2.19. The predicted molar refractivity (Wildman–Crippen MR) is 52.8 cm³/mol. The number of hydrogen-bond acceptors (Lipinski definition) is 3. The van der Waals surface area contributed by atoms with Crippen LogP contribution in [0.2, 0.25) is 0 Å². The standard InChI is InChI=1S/C9H9F3N2O3/c1-3-5(8(16)17)7(15)14(9(10,11)12)4(2)6(3)13/h13H2,1-2H3,(H,16,17). The van der Waals surface area contributed by atoms with Gasteiger partial charge in [0.25, 0.3) is 5.56 Å². The van der Waals surface area contributed by atoms with Crippen LogP contribution >= 0.6 is 0 Å². The van der Waals surface area contributed by atoms with E-state index in [1.807, 2.05) is 0 Å². The lowest BCUT2D eigenvalue weighted by atomic mass is 10.1. The molecule has 1 heterocycles. The van der Waals surface area contributed by atoms with Crippen LogP contribution in [-0.4, -0.2) is 15.6 Å². The molecule has 0 unspecified atom stereocenters. The minimum atomic E-state index is -5.01. The van der Waals surface area contributed by atoms with E-state index in [0.29, 0.717) is 0 Å². The fraction of sp³-hybridized carbons (Fsp3) is 0.333. The Morgan fingerprint density at radius 1 is 1.35 bits per heavy atom. The third kappa shape index (κ3) is 1.97. The molecule has 1 rings (SSSR count). The van der Waals surface area contributed by atoms with Crippen LogP contribution < -0.4 is 11.3 Å². The van der Waals surface area contributed by atoms with Gasteiger partial charge in [-0.05, 0) is 19.4 Å². The van der Waals surface area contributed by atoms with Gasteiger partial charge in [0.15, 0.2) is 0 Å². The molecule has 8 heteroatoms. The summed E-state index contributed by atoms with van der Waals surface area (Å²) in [5.41, 5.74) is 1.72. The highest BCUT2D eigenvalue weighted by Crippen LogP contribution is 2.26. The minimum absolute atomic E-state index is 0.166. The molecule has 0 amide bonds. The predicted octanol–water partition coefficient (Wildman–Crippen LogP) is 1.22. The summed E-state index contributed by atoms with van der Waals surface area (Å²) < 4.78 is 37.2. The number of nitrogens with zero attached hydrogens (tertiary/aromatic N) is 1. The van der Waals surface area contributed by atoms with Gasteiger partial charge in [-0.15, -0.1) is 13.2 Å². The maximum Gasteiger partial charge on any atom is 0.491 e. The van der Waals surface area contributed by atoms with Crippen molar-refractivity contribution in [2.45, 2.75) is 20.1 Å². The van der Waals surface area contributed by atoms with Gasteiger partial charge >= 0.3 is 12.3 Å². The van der Waals surface area contributed by atoms with Gasteiger partial charge in [-0.3, -0.25) is 4.79 Å². The molecular weight excluding hydrogens is 241 g/mol. The van der Waals surface area contributed by atoms with Crippen molar-refractivity contribution >= 4 is 11.7 Å². The Labute approximate surface area is 93.3 Å². The molecule has 0 aliphatic rings. The molecule has 3 N–H and O–H groups in total. The third-order valence-electron chi connectivity index (χ3n) is 2.39. The molecule has 5 nitrogen and oxygen atoms in total. The number of alkyl halides is 3. The molecule has 0 saturated heterocycles. The number of anilines is 1. The third-order valence-corrected chi connectivity index (χ3v) is 2.39. The smallest absolute Gasteiger partial charge is 0.477 e. The largest absolute Gasteiger partial charge is 0.491 e. The molecule has 17 heavy (non-hydrogen) atoms. The van der Waals surface area contributed by atoms with Crippen LogP contribution in [0.25, 0.3) is 0 Å². The summed E-state index contributed by atoms with van der Waals surface area (Å²) in [4.78, 5) is 22.2. The van der Waals surface area contributed by atoms with Crippen molar-refractivity contribution in [3.63, 3.8) is 0 Å². The summed E-state index contributed by atoms with van der Waals surface area (Å²) in [6.07, 6.45) is -5.01. The van der Waals surface area contributed by atoms with E-state index in [1.54, 1.807) is 0 Å². The highest BCUT2D eigenvalue weighted by Gasteiger charge is 2.36. The first-order valence-electron chi connectivity index (χ1n) is 4.41. The van der Waals surface area contributed by atoms with E-state index in [-0.39, 0.29) is 11.3 Å². The van der Waals surface area contributed by atoms with Crippen molar-refractivity contribution in [3.05, 3.63) is 27.2 Å². The fourth-order valence-corrected chi connectivity index (χ4v) is 1.51. The molecule has 0 aliphatic heterocycles. The summed E-state index contributed by atoms with van der Waals surface area (Å²) in [6, 6.07) is 0. The molecular formula is C9H9F3N2O3. The molecule has 0 fully saturated rings. The lowest BCUT2D eigenvalue weighted by Crippen LogP contribution is -2.37. The second-order valence-corrected chi connectivity index (χ2v) is 3.41. The van der Waals surface area contributed by atoms with Gasteiger partial charge < -0.3 is 10.8 Å². The Balaban J connectivity index is 3.89. The van der Waals surface area contributed by atoms with Crippen LogP contribution in [0, 0.1) is 13.8 Å². The van der Waals surface area contributed by atoms with Crippen LogP contribution in [0.3, 0.4) is 0 Å². The molecule has 0 saturated carbocycles. The van der Waals surface area contributed by atoms with E-state index in [1.165, 1.54) is 6.92 Å². The van der Waals surface area contributed by atoms with Crippen molar-refractivity contribution in [3.8, 4) is 0 Å². The molecule has 0 radical (unpaired) electrons. The first kappa shape index (κ1) is 13.1. The average molecular weight is 250 g/mol. The number of carboxylic acids is 1. The number of carbonyl (C=O) groups is 1. The first-order valence-corrected chi connectivity index (χ1v) is 4.41. The summed E-state index contributed by atoms with van der Waals surface area (Å²) in [7, 11) is 0. The van der Waals surface area contributed by atoms with Gasteiger partial charge in [-0.2, -0.15) is 0 Å². The van der Waals surface area contributed by atoms with Gasteiger partial charge in [-0.1, -0.05) is 0 Å². The van der Waals surface area contributed by atoms with E-state index in [4.69, 9.17) is 10.8 Å². The molecule has 1 aromatic rings. The monoisotopic (exact) mass is 250 g/mol. The van der Waals surface area contributed by atoms with E-state index in [9.17, 15) is 22.8 Å². The molecule has 0 spiro atoms. The minimum Gasteiger partial charge on any atom is -0.477 e. The number of rotatable bonds is 1. The van der Waals surface area contributed by atoms with E-state index in [0.717, 1.165) is 6.92 Å². The number of carboxylic acid groups (broad SMARTS) is 1. The molecule has 0 aliphatic carbocycles. The van der Waals surface area contributed by atoms with Crippen LogP contribution in [0.1, 0.15) is 21.6 Å². The fourth-order valence-electron chi connectivity index (χ4n) is 1.51. The van der Waals surface area contributed by atoms with Crippen molar-refractivity contribution in [2.75, 3.05) is 5.73 Å². The van der Waals surface area contributed by atoms with E-state index in [2.05, 4.69) is 0 Å². The number of nitrogens with two attached hydrogens (primary N) is 1. The van der Waals surface area contributed by atoms with Gasteiger partial charge in [0, 0.05) is 5.69 Å². The summed E-state index contributed by atoms with van der Waals surface area (Å²) in [5, 5.41) is 8.72. The van der Waals surface area contributed by atoms with Crippen LogP contribution in [-0.2, 0) is 6.30 Å². The summed E-state index contributed by atoms with van der Waals surface area (Å²) in [5.74, 6) is -1.74. The highest BCUT2D eigenvalue weighted by molar-refractivity contribution is 5.90. The second kappa shape index (κ2) is 3.79. The molecule has 94 valence electrons. The normalized spacial score (nSPS) is 11.6. The van der Waals surface area contributed by atoms with Gasteiger partial charge in [-0.25, -0.2) is 9.36 Å². The van der Waals surface area contributed by atoms with Gasteiger partial charge in [0.2, 0.25) is 0 Å². The Bertz CT molecular complexity index is 546. The number of nitrogen functional groups attached to an aromatic ring is 1. The zero-order valence-corrected chi connectivity index (χ0v) is 8.92. The lowest BCUT2D eigenvalue weighted by molar-refractivity contribution is -0.207. The maximum atomic E-state index is 12.6. The lowest BCUT2D eigenvalue weighted by Gasteiger charge is -2.17. The Morgan fingerprint density at radius 2 is 1.82 bits per heavy atom. The quantitative estimate of drug-likeness (QED) is 0.784. The Kier molecular flexibility index (Phi) is 2.92.